The van der Waals surface area contributed by atoms with Crippen LogP contribution in [0.4, 0.5) is 5.82 Å². The van der Waals surface area contributed by atoms with Crippen molar-refractivity contribution in [3.63, 3.8) is 0 Å². The molecule has 1 atom stereocenters. The number of aromatic amines is 1. The minimum absolute atomic E-state index is 0.227. The number of nitrogens with one attached hydrogen (secondary N) is 2. The van der Waals surface area contributed by atoms with Gasteiger partial charge >= 0.3 is 6.41 Å². The summed E-state index contributed by atoms with van der Waals surface area (Å²) < 4.78 is 0. The molecule has 5 nitrogen and oxygen atoms in total. The largest absolute Gasteiger partial charge is 0.620 e. The Kier molecular flexibility index (Phi) is 1.57. The predicted molar refractivity (Wildman–Crippen MR) is 28.6 cm³/mol. The summed E-state index contributed by atoms with van der Waals surface area (Å²) in [5.41, 5.74) is 0. The van der Waals surface area contributed by atoms with Gasteiger partial charge in [-0.1, -0.05) is 0 Å². The highest BCUT2D eigenvalue weighted by atomic mass is 16.5. The van der Waals surface area contributed by atoms with Crippen molar-refractivity contribution in [1.82, 2.24) is 10.2 Å². The van der Waals surface area contributed by atoms with Crippen LogP contribution in [0.3, 0.4) is 0 Å². The first-order chi connectivity index (χ1) is 4.34. The molecule has 0 bridgehead atoms. The van der Waals surface area contributed by atoms with Crippen LogP contribution in [0.1, 0.15) is 0 Å². The highest BCUT2D eigenvalue weighted by molar-refractivity contribution is 5.39. The van der Waals surface area contributed by atoms with Gasteiger partial charge in [-0.15, -0.1) is 0 Å². The minimum atomic E-state index is -0.576. The van der Waals surface area contributed by atoms with Crippen LogP contribution in [-0.4, -0.2) is 16.6 Å². The van der Waals surface area contributed by atoms with Crippen molar-refractivity contribution < 1.29 is 9.86 Å². The standard InChI is InChI=1S/C4H5N3O2/c8-3-7(9)4-1-2-5-6-4/h1-3,7H,(H,5,6). The molecule has 5 heteroatoms. The van der Waals surface area contributed by atoms with Crippen LogP contribution in [0.2, 0.25) is 0 Å². The topological polar surface area (TPSA) is 73.2 Å². The van der Waals surface area contributed by atoms with Crippen LogP contribution >= 0.6 is 0 Å². The average molecular weight is 127 g/mol. The van der Waals surface area contributed by atoms with Crippen molar-refractivity contribution in [3.05, 3.63) is 17.5 Å². The molecule has 1 aromatic heterocycles. The van der Waals surface area contributed by atoms with E-state index in [0.717, 1.165) is 0 Å². The first-order valence-electron chi connectivity index (χ1n) is 2.33. The van der Waals surface area contributed by atoms with Gasteiger partial charge in [0.25, 0.3) is 0 Å². The monoisotopic (exact) mass is 127 g/mol. The molecule has 1 unspecified atom stereocenters. The van der Waals surface area contributed by atoms with Crippen molar-refractivity contribution >= 4 is 12.2 Å². The van der Waals surface area contributed by atoms with E-state index in [1.54, 1.807) is 0 Å². The molecule has 0 radical (unpaired) electrons. The summed E-state index contributed by atoms with van der Waals surface area (Å²) in [5, 5.41) is 15.7. The molecule has 0 fully saturated rings. The maximum atomic E-state index is 10.4. The van der Waals surface area contributed by atoms with Gasteiger partial charge in [0.05, 0.1) is 6.20 Å². The van der Waals surface area contributed by atoms with Crippen LogP contribution in [0.5, 0.6) is 0 Å². The summed E-state index contributed by atoms with van der Waals surface area (Å²) in [4.78, 5) is 9.81. The molecule has 1 rings (SSSR count). The van der Waals surface area contributed by atoms with Crippen LogP contribution in [0, 0.1) is 5.21 Å². The zero-order chi connectivity index (χ0) is 6.69. The van der Waals surface area contributed by atoms with Gasteiger partial charge in [0.1, 0.15) is 0 Å². The van der Waals surface area contributed by atoms with E-state index in [1.807, 2.05) is 0 Å². The molecule has 0 aromatic carbocycles. The molecule has 0 aliphatic rings. The third kappa shape index (κ3) is 1.13. The lowest BCUT2D eigenvalue weighted by Crippen LogP contribution is -3.01. The molecule has 0 aliphatic carbocycles. The normalized spacial score (nSPS) is 13.0. The summed E-state index contributed by atoms with van der Waals surface area (Å²) in [5.74, 6) is 0.227. The second kappa shape index (κ2) is 2.38. The number of hydrogen-bond donors (Lipinski definition) is 2. The fraction of sp³-hybridized carbons (Fsp3) is 0. The van der Waals surface area contributed by atoms with E-state index in [2.05, 4.69) is 10.2 Å². The predicted octanol–water partition coefficient (Wildman–Crippen LogP) is -1.42. The number of quaternary nitrogens is 1. The van der Waals surface area contributed by atoms with E-state index in [1.165, 1.54) is 12.3 Å². The van der Waals surface area contributed by atoms with Gasteiger partial charge in [0.2, 0.25) is 5.82 Å². The lowest BCUT2D eigenvalue weighted by atomic mass is 10.6. The number of carbonyl (C=O) groups is 1. The number of carbonyl (C=O) groups excluding carboxylic acids is 1. The van der Waals surface area contributed by atoms with Gasteiger partial charge in [-0.05, 0) is 0 Å². The number of hydrogen-bond acceptors (Lipinski definition) is 3. The summed E-state index contributed by atoms with van der Waals surface area (Å²) in [7, 11) is 0. The molecule has 2 N–H and O–H groups in total. The van der Waals surface area contributed by atoms with E-state index in [4.69, 9.17) is 0 Å². The quantitative estimate of drug-likeness (QED) is 0.378. The number of nitrogens with zero attached hydrogens (tertiary/aromatic N) is 1. The van der Waals surface area contributed by atoms with Gasteiger partial charge in [-0.2, -0.15) is 5.10 Å². The van der Waals surface area contributed by atoms with Gasteiger partial charge in [0, 0.05) is 6.07 Å². The highest BCUT2D eigenvalue weighted by Gasteiger charge is 1.98. The summed E-state index contributed by atoms with van der Waals surface area (Å²) >= 11 is 0. The first-order valence-corrected chi connectivity index (χ1v) is 2.33. The van der Waals surface area contributed by atoms with Crippen LogP contribution < -0.4 is 5.06 Å². The Bertz CT molecular complexity index is 184. The van der Waals surface area contributed by atoms with Crippen molar-refractivity contribution in [2.45, 2.75) is 0 Å². The lowest BCUT2D eigenvalue weighted by molar-refractivity contribution is -0.680. The maximum Gasteiger partial charge on any atom is 0.306 e. The van der Waals surface area contributed by atoms with Crippen LogP contribution in [0.25, 0.3) is 0 Å². The van der Waals surface area contributed by atoms with Gasteiger partial charge < -0.3 is 5.21 Å². The molecule has 1 aromatic rings. The number of rotatable bonds is 2. The number of amides is 1. The molecule has 48 valence electrons. The Labute approximate surface area is 50.9 Å². The second-order valence-corrected chi connectivity index (χ2v) is 1.45. The number of hydroxylamine groups is 1. The van der Waals surface area contributed by atoms with Gasteiger partial charge in [0.15, 0.2) is 0 Å². The number of H-pyrrole nitrogens is 1. The lowest BCUT2D eigenvalue weighted by Gasteiger charge is -2.08. The Balaban J connectivity index is 2.76. The van der Waals surface area contributed by atoms with E-state index >= 15 is 0 Å². The molecule has 0 saturated heterocycles. The van der Waals surface area contributed by atoms with E-state index in [9.17, 15) is 10.0 Å². The van der Waals surface area contributed by atoms with Crippen LogP contribution in [0.15, 0.2) is 12.3 Å². The minimum Gasteiger partial charge on any atom is -0.620 e. The summed E-state index contributed by atoms with van der Waals surface area (Å²) in [6, 6.07) is 1.44. The zero-order valence-electron chi connectivity index (χ0n) is 4.50. The summed E-state index contributed by atoms with van der Waals surface area (Å²) in [6.07, 6.45) is 1.66. The molecule has 1 amide bonds. The van der Waals surface area contributed by atoms with Crippen molar-refractivity contribution in [1.29, 1.82) is 0 Å². The summed E-state index contributed by atoms with van der Waals surface area (Å²) in [6.45, 7) is 0. The smallest absolute Gasteiger partial charge is 0.306 e. The van der Waals surface area contributed by atoms with Crippen LogP contribution in [-0.2, 0) is 4.79 Å². The Morgan fingerprint density at radius 2 is 2.67 bits per heavy atom. The first kappa shape index (κ1) is 5.93. The second-order valence-electron chi connectivity index (χ2n) is 1.45. The van der Waals surface area contributed by atoms with E-state index in [0.29, 0.717) is 0 Å². The highest BCUT2D eigenvalue weighted by Crippen LogP contribution is 1.86. The van der Waals surface area contributed by atoms with Gasteiger partial charge in [-0.25, -0.2) is 9.89 Å². The number of aromatic nitrogens is 2. The average Bonchev–Trinajstić information content (AvgIpc) is 2.37. The molecule has 9 heavy (non-hydrogen) atoms. The van der Waals surface area contributed by atoms with Crippen molar-refractivity contribution in [2.75, 3.05) is 0 Å². The zero-order valence-corrected chi connectivity index (χ0v) is 4.50. The molecule has 0 aliphatic heterocycles. The fourth-order valence-corrected chi connectivity index (χ4v) is 0.457. The Morgan fingerprint density at radius 3 is 3.11 bits per heavy atom. The molecule has 1 heterocycles. The third-order valence-corrected chi connectivity index (χ3v) is 0.873. The maximum absolute atomic E-state index is 10.4. The third-order valence-electron chi connectivity index (χ3n) is 0.873. The van der Waals surface area contributed by atoms with Crippen molar-refractivity contribution in [2.24, 2.45) is 0 Å². The fourth-order valence-electron chi connectivity index (χ4n) is 0.457. The SMILES string of the molecule is O=C[NH+]([O-])c1ccn[nH]1. The molecular weight excluding hydrogens is 122 g/mol. The molecule has 0 spiro atoms. The Hall–Kier alpha value is -1.20. The van der Waals surface area contributed by atoms with Crippen molar-refractivity contribution in [3.8, 4) is 0 Å². The molecule has 0 saturated carbocycles. The van der Waals surface area contributed by atoms with E-state index < -0.39 is 5.06 Å². The Morgan fingerprint density at radius 1 is 1.89 bits per heavy atom. The van der Waals surface area contributed by atoms with E-state index in [-0.39, 0.29) is 12.2 Å². The van der Waals surface area contributed by atoms with Gasteiger partial charge in [-0.3, -0.25) is 5.06 Å². The molecular formula is C4H5N3O2.